The Morgan fingerprint density at radius 2 is 1.83 bits per heavy atom. The van der Waals surface area contributed by atoms with Crippen LogP contribution in [0.5, 0.6) is 11.5 Å². The summed E-state index contributed by atoms with van der Waals surface area (Å²) in [6.45, 7) is 0.171. The second-order valence-electron chi connectivity index (χ2n) is 6.71. The van der Waals surface area contributed by atoms with Crippen LogP contribution in [0.3, 0.4) is 0 Å². The van der Waals surface area contributed by atoms with Gasteiger partial charge in [0, 0.05) is 34.6 Å². The molecule has 0 fully saturated rings. The van der Waals surface area contributed by atoms with E-state index in [-0.39, 0.29) is 12.5 Å². The number of nitrogens with one attached hydrogen (secondary N) is 1. The standard InChI is InChI=1S/C23H17N3O3S/c27-22(21-13-28-19-6-1-2-7-20(19)29-21)25-17-5-3-4-16(12-17)18-14-30-23(26-18)15-8-10-24-11-9-15/h1-12,14,21H,13H2,(H,25,27). The summed E-state index contributed by atoms with van der Waals surface area (Å²) in [6.07, 6.45) is 2.80. The fourth-order valence-electron chi connectivity index (χ4n) is 3.16. The SMILES string of the molecule is O=C(Nc1cccc(-c2csc(-c3ccncc3)n2)c1)C1COc2ccccc2O1. The highest BCUT2D eigenvalue weighted by molar-refractivity contribution is 7.13. The second-order valence-corrected chi connectivity index (χ2v) is 7.57. The number of thiazole rings is 1. The Bertz CT molecular complexity index is 1190. The molecule has 0 bridgehead atoms. The van der Waals surface area contributed by atoms with Gasteiger partial charge in [-0.2, -0.15) is 0 Å². The van der Waals surface area contributed by atoms with Crippen molar-refractivity contribution in [3.8, 4) is 33.3 Å². The second kappa shape index (κ2) is 7.96. The molecule has 6 nitrogen and oxygen atoms in total. The van der Waals surface area contributed by atoms with E-state index < -0.39 is 6.10 Å². The van der Waals surface area contributed by atoms with E-state index in [0.717, 1.165) is 21.8 Å². The first-order valence-electron chi connectivity index (χ1n) is 9.42. The molecule has 1 atom stereocenters. The van der Waals surface area contributed by atoms with Gasteiger partial charge in [0.15, 0.2) is 11.5 Å². The number of ether oxygens (including phenoxy) is 2. The zero-order chi connectivity index (χ0) is 20.3. The highest BCUT2D eigenvalue weighted by Crippen LogP contribution is 2.32. The fourth-order valence-corrected chi connectivity index (χ4v) is 4.00. The number of carbonyl (C=O) groups excluding carboxylic acids is 1. The molecule has 1 aliphatic heterocycles. The lowest BCUT2D eigenvalue weighted by Crippen LogP contribution is -2.40. The normalized spacial score (nSPS) is 14.9. The summed E-state index contributed by atoms with van der Waals surface area (Å²) in [6, 6.07) is 18.8. The Hall–Kier alpha value is -3.71. The topological polar surface area (TPSA) is 73.3 Å². The Morgan fingerprint density at radius 3 is 2.70 bits per heavy atom. The van der Waals surface area contributed by atoms with Crippen LogP contribution in [-0.4, -0.2) is 28.6 Å². The molecule has 5 rings (SSSR count). The molecule has 2 aromatic carbocycles. The molecule has 1 N–H and O–H groups in total. The third kappa shape index (κ3) is 3.75. The number of aromatic nitrogens is 2. The number of rotatable bonds is 4. The molecule has 4 aromatic rings. The van der Waals surface area contributed by atoms with Crippen molar-refractivity contribution < 1.29 is 14.3 Å². The van der Waals surface area contributed by atoms with E-state index in [1.165, 1.54) is 0 Å². The minimum atomic E-state index is -0.707. The van der Waals surface area contributed by atoms with E-state index in [0.29, 0.717) is 17.2 Å². The third-order valence-electron chi connectivity index (χ3n) is 4.66. The van der Waals surface area contributed by atoms with Gasteiger partial charge in [-0.1, -0.05) is 24.3 Å². The third-order valence-corrected chi connectivity index (χ3v) is 5.55. The monoisotopic (exact) mass is 415 g/mol. The average molecular weight is 415 g/mol. The van der Waals surface area contributed by atoms with Crippen LogP contribution in [0.25, 0.3) is 21.8 Å². The van der Waals surface area contributed by atoms with Gasteiger partial charge < -0.3 is 14.8 Å². The van der Waals surface area contributed by atoms with Crippen molar-refractivity contribution >= 4 is 22.9 Å². The fraction of sp³-hybridized carbons (Fsp3) is 0.0870. The number of pyridine rings is 1. The maximum atomic E-state index is 12.7. The number of hydrogen-bond acceptors (Lipinski definition) is 6. The molecule has 2 aromatic heterocycles. The molecular weight excluding hydrogens is 398 g/mol. The number of amides is 1. The van der Waals surface area contributed by atoms with Crippen molar-refractivity contribution in [2.75, 3.05) is 11.9 Å². The molecular formula is C23H17N3O3S. The predicted molar refractivity (Wildman–Crippen MR) is 116 cm³/mol. The molecule has 0 radical (unpaired) electrons. The summed E-state index contributed by atoms with van der Waals surface area (Å²) < 4.78 is 11.4. The Balaban J connectivity index is 1.31. The lowest BCUT2D eigenvalue weighted by Gasteiger charge is -2.25. The number of benzene rings is 2. The van der Waals surface area contributed by atoms with Crippen LogP contribution in [0.15, 0.2) is 78.4 Å². The van der Waals surface area contributed by atoms with Gasteiger partial charge in [0.1, 0.15) is 11.6 Å². The summed E-state index contributed by atoms with van der Waals surface area (Å²) in [4.78, 5) is 21.4. The lowest BCUT2D eigenvalue weighted by atomic mass is 10.1. The smallest absolute Gasteiger partial charge is 0.269 e. The summed E-state index contributed by atoms with van der Waals surface area (Å²) in [5.41, 5.74) is 3.49. The number of anilines is 1. The predicted octanol–water partition coefficient (Wildman–Crippen LogP) is 4.65. The molecule has 0 saturated heterocycles. The van der Waals surface area contributed by atoms with Crippen molar-refractivity contribution in [2.24, 2.45) is 0 Å². The maximum absolute atomic E-state index is 12.7. The molecule has 7 heteroatoms. The van der Waals surface area contributed by atoms with E-state index in [4.69, 9.17) is 14.5 Å². The maximum Gasteiger partial charge on any atom is 0.269 e. The van der Waals surface area contributed by atoms with Crippen molar-refractivity contribution in [3.05, 3.63) is 78.4 Å². The van der Waals surface area contributed by atoms with Crippen LogP contribution >= 0.6 is 11.3 Å². The first kappa shape index (κ1) is 18.3. The Morgan fingerprint density at radius 1 is 1.00 bits per heavy atom. The molecule has 0 saturated carbocycles. The molecule has 1 aliphatic rings. The zero-order valence-electron chi connectivity index (χ0n) is 15.8. The zero-order valence-corrected chi connectivity index (χ0v) is 16.6. The number of hydrogen-bond donors (Lipinski definition) is 1. The van der Waals surface area contributed by atoms with Crippen molar-refractivity contribution in [2.45, 2.75) is 6.10 Å². The van der Waals surface area contributed by atoms with E-state index in [9.17, 15) is 4.79 Å². The highest BCUT2D eigenvalue weighted by Gasteiger charge is 2.27. The highest BCUT2D eigenvalue weighted by atomic mass is 32.1. The summed E-state index contributed by atoms with van der Waals surface area (Å²) >= 11 is 1.57. The summed E-state index contributed by atoms with van der Waals surface area (Å²) in [5.74, 6) is 0.971. The Kier molecular flexibility index (Phi) is 4.86. The van der Waals surface area contributed by atoms with Crippen LogP contribution in [0.1, 0.15) is 0 Å². The van der Waals surface area contributed by atoms with Gasteiger partial charge in [0.25, 0.3) is 5.91 Å². The number of nitrogens with zero attached hydrogens (tertiary/aromatic N) is 2. The van der Waals surface area contributed by atoms with Gasteiger partial charge >= 0.3 is 0 Å². The molecule has 3 heterocycles. The van der Waals surface area contributed by atoms with Gasteiger partial charge in [-0.05, 0) is 36.4 Å². The average Bonchev–Trinajstić information content (AvgIpc) is 3.30. The van der Waals surface area contributed by atoms with Crippen molar-refractivity contribution in [1.82, 2.24) is 9.97 Å². The molecule has 1 unspecified atom stereocenters. The number of para-hydroxylation sites is 2. The molecule has 1 amide bonds. The van der Waals surface area contributed by atoms with Gasteiger partial charge in [-0.3, -0.25) is 9.78 Å². The largest absolute Gasteiger partial charge is 0.485 e. The van der Waals surface area contributed by atoms with Gasteiger partial charge in [0.05, 0.1) is 5.69 Å². The van der Waals surface area contributed by atoms with Gasteiger partial charge in [-0.25, -0.2) is 4.98 Å². The number of carbonyl (C=O) groups is 1. The van der Waals surface area contributed by atoms with Crippen LogP contribution in [-0.2, 0) is 4.79 Å². The first-order valence-corrected chi connectivity index (χ1v) is 10.3. The van der Waals surface area contributed by atoms with E-state index in [1.54, 1.807) is 29.8 Å². The summed E-state index contributed by atoms with van der Waals surface area (Å²) in [5, 5.41) is 5.84. The quantitative estimate of drug-likeness (QED) is 0.525. The molecule has 0 aliphatic carbocycles. The lowest BCUT2D eigenvalue weighted by molar-refractivity contribution is -0.125. The Labute approximate surface area is 177 Å². The van der Waals surface area contributed by atoms with Crippen LogP contribution in [0, 0.1) is 0 Å². The first-order chi connectivity index (χ1) is 14.8. The molecule has 0 spiro atoms. The van der Waals surface area contributed by atoms with Crippen molar-refractivity contribution in [3.63, 3.8) is 0 Å². The molecule has 148 valence electrons. The van der Waals surface area contributed by atoms with Crippen molar-refractivity contribution in [1.29, 1.82) is 0 Å². The summed E-state index contributed by atoms with van der Waals surface area (Å²) in [7, 11) is 0. The van der Waals surface area contributed by atoms with Gasteiger partial charge in [-0.15, -0.1) is 11.3 Å². The van der Waals surface area contributed by atoms with Crippen LogP contribution in [0.2, 0.25) is 0 Å². The van der Waals surface area contributed by atoms with E-state index in [2.05, 4.69) is 10.3 Å². The van der Waals surface area contributed by atoms with E-state index >= 15 is 0 Å². The number of fused-ring (bicyclic) bond motifs is 1. The van der Waals surface area contributed by atoms with Crippen LogP contribution < -0.4 is 14.8 Å². The van der Waals surface area contributed by atoms with E-state index in [1.807, 2.05) is 60.0 Å². The minimum absolute atomic E-state index is 0.171. The molecule has 30 heavy (non-hydrogen) atoms. The van der Waals surface area contributed by atoms with Crippen LogP contribution in [0.4, 0.5) is 5.69 Å². The van der Waals surface area contributed by atoms with Gasteiger partial charge in [0.2, 0.25) is 6.10 Å². The minimum Gasteiger partial charge on any atom is -0.485 e.